The second-order valence-electron chi connectivity index (χ2n) is 6.95. The largest absolute Gasteiger partial charge is 0.493 e. The molecule has 0 saturated heterocycles. The van der Waals surface area contributed by atoms with Gasteiger partial charge in [0.2, 0.25) is 0 Å². The fourth-order valence-corrected chi connectivity index (χ4v) is 4.42. The molecule has 1 N–H and O–H groups in total. The minimum atomic E-state index is 0.258. The van der Waals surface area contributed by atoms with Crippen LogP contribution in [0, 0.1) is 0 Å². The Hall–Kier alpha value is -2.40. The molecule has 5 nitrogen and oxygen atoms in total. The Balaban J connectivity index is 2.05. The maximum absolute atomic E-state index is 5.80. The fourth-order valence-electron chi connectivity index (χ4n) is 4.42. The first-order valence-corrected chi connectivity index (χ1v) is 8.90. The van der Waals surface area contributed by atoms with Crippen LogP contribution in [-0.4, -0.2) is 34.5 Å². The van der Waals surface area contributed by atoms with Crippen LogP contribution in [0.5, 0.6) is 23.0 Å². The van der Waals surface area contributed by atoms with E-state index in [2.05, 4.69) is 30.4 Å². The van der Waals surface area contributed by atoms with E-state index in [9.17, 15) is 0 Å². The summed E-state index contributed by atoms with van der Waals surface area (Å²) in [5, 5.41) is 3.74. The first-order chi connectivity index (χ1) is 12.6. The van der Waals surface area contributed by atoms with Gasteiger partial charge in [-0.15, -0.1) is 0 Å². The Morgan fingerprint density at radius 3 is 2.12 bits per heavy atom. The van der Waals surface area contributed by atoms with E-state index in [0.29, 0.717) is 6.04 Å². The summed E-state index contributed by atoms with van der Waals surface area (Å²) < 4.78 is 22.5. The second-order valence-corrected chi connectivity index (χ2v) is 6.95. The zero-order valence-electron chi connectivity index (χ0n) is 15.9. The summed E-state index contributed by atoms with van der Waals surface area (Å²) in [5.41, 5.74) is 6.10. The number of rotatable bonds is 4. The van der Waals surface area contributed by atoms with E-state index >= 15 is 0 Å². The summed E-state index contributed by atoms with van der Waals surface area (Å²) >= 11 is 0. The molecule has 26 heavy (non-hydrogen) atoms. The highest BCUT2D eigenvalue weighted by Crippen LogP contribution is 2.52. The number of ether oxygens (including phenoxy) is 4. The van der Waals surface area contributed by atoms with Gasteiger partial charge in [-0.1, -0.05) is 0 Å². The summed E-state index contributed by atoms with van der Waals surface area (Å²) in [6.45, 7) is 2.23. The van der Waals surface area contributed by atoms with Gasteiger partial charge in [0.25, 0.3) is 0 Å². The monoisotopic (exact) mass is 355 g/mol. The molecule has 0 saturated carbocycles. The zero-order valence-corrected chi connectivity index (χ0v) is 15.9. The molecular formula is C21H25NO4. The van der Waals surface area contributed by atoms with Crippen LogP contribution in [0.25, 0.3) is 11.1 Å². The third-order valence-electron chi connectivity index (χ3n) is 5.46. The first-order valence-electron chi connectivity index (χ1n) is 8.90. The molecule has 2 aromatic carbocycles. The van der Waals surface area contributed by atoms with Crippen molar-refractivity contribution in [3.63, 3.8) is 0 Å². The summed E-state index contributed by atoms with van der Waals surface area (Å²) in [5.74, 6) is 3.03. The molecule has 2 aliphatic rings. The Morgan fingerprint density at radius 1 is 0.808 bits per heavy atom. The minimum Gasteiger partial charge on any atom is -0.493 e. The molecule has 0 aromatic heterocycles. The molecule has 2 unspecified atom stereocenters. The van der Waals surface area contributed by atoms with Crippen LogP contribution in [0.15, 0.2) is 18.2 Å². The second kappa shape index (κ2) is 6.40. The van der Waals surface area contributed by atoms with Crippen molar-refractivity contribution in [1.29, 1.82) is 0 Å². The van der Waals surface area contributed by atoms with Crippen LogP contribution in [0.1, 0.15) is 29.7 Å². The predicted octanol–water partition coefficient (Wildman–Crippen LogP) is 3.52. The van der Waals surface area contributed by atoms with E-state index in [4.69, 9.17) is 18.9 Å². The van der Waals surface area contributed by atoms with Crippen LogP contribution < -0.4 is 24.3 Å². The van der Waals surface area contributed by atoms with Crippen molar-refractivity contribution < 1.29 is 18.9 Å². The lowest BCUT2D eigenvalue weighted by atomic mass is 9.76. The Labute approximate surface area is 154 Å². The first kappa shape index (κ1) is 17.0. The molecule has 1 aliphatic heterocycles. The summed E-state index contributed by atoms with van der Waals surface area (Å²) in [7, 11) is 6.72. The Kier molecular flexibility index (Phi) is 4.19. The van der Waals surface area contributed by atoms with Gasteiger partial charge in [0, 0.05) is 17.6 Å². The number of benzene rings is 2. The number of hydrogen-bond donors (Lipinski definition) is 1. The molecule has 0 amide bonds. The van der Waals surface area contributed by atoms with Crippen molar-refractivity contribution in [2.75, 3.05) is 28.4 Å². The van der Waals surface area contributed by atoms with Crippen molar-refractivity contribution in [2.45, 2.75) is 31.8 Å². The van der Waals surface area contributed by atoms with Gasteiger partial charge in [0.15, 0.2) is 23.0 Å². The predicted molar refractivity (Wildman–Crippen MR) is 101 cm³/mol. The molecule has 1 aliphatic carbocycles. The van der Waals surface area contributed by atoms with E-state index in [-0.39, 0.29) is 6.04 Å². The smallest absolute Gasteiger partial charge is 0.168 e. The van der Waals surface area contributed by atoms with Crippen LogP contribution >= 0.6 is 0 Å². The molecular weight excluding hydrogens is 330 g/mol. The summed E-state index contributed by atoms with van der Waals surface area (Å²) in [6, 6.07) is 6.94. The van der Waals surface area contributed by atoms with Gasteiger partial charge in [-0.05, 0) is 60.2 Å². The highest BCUT2D eigenvalue weighted by Gasteiger charge is 2.36. The third-order valence-corrected chi connectivity index (χ3v) is 5.46. The average Bonchev–Trinajstić information content (AvgIpc) is 2.65. The van der Waals surface area contributed by atoms with Gasteiger partial charge in [0.05, 0.1) is 28.4 Å². The van der Waals surface area contributed by atoms with E-state index in [1.54, 1.807) is 28.4 Å². The molecule has 138 valence electrons. The lowest BCUT2D eigenvalue weighted by Gasteiger charge is -2.38. The van der Waals surface area contributed by atoms with Crippen molar-refractivity contribution >= 4 is 0 Å². The van der Waals surface area contributed by atoms with Crippen LogP contribution in [-0.2, 0) is 12.8 Å². The molecule has 2 aromatic rings. The lowest BCUT2D eigenvalue weighted by Crippen LogP contribution is -2.40. The van der Waals surface area contributed by atoms with Crippen molar-refractivity contribution in [2.24, 2.45) is 0 Å². The maximum atomic E-state index is 5.80. The van der Waals surface area contributed by atoms with Crippen molar-refractivity contribution in [3.8, 4) is 34.1 Å². The molecule has 0 spiro atoms. The fraction of sp³-hybridized carbons (Fsp3) is 0.429. The van der Waals surface area contributed by atoms with E-state index in [1.165, 1.54) is 16.7 Å². The molecule has 1 heterocycles. The van der Waals surface area contributed by atoms with Gasteiger partial charge in [0.1, 0.15) is 0 Å². The molecule has 2 atom stereocenters. The lowest BCUT2D eigenvalue weighted by molar-refractivity contribution is 0.347. The van der Waals surface area contributed by atoms with Gasteiger partial charge in [-0.3, -0.25) is 0 Å². The molecule has 0 bridgehead atoms. The Morgan fingerprint density at radius 2 is 1.46 bits per heavy atom. The molecule has 0 fully saturated rings. The summed E-state index contributed by atoms with van der Waals surface area (Å²) in [6.07, 6.45) is 1.89. The zero-order chi connectivity index (χ0) is 18.4. The van der Waals surface area contributed by atoms with Crippen LogP contribution in [0.3, 0.4) is 0 Å². The highest BCUT2D eigenvalue weighted by molar-refractivity contribution is 5.85. The van der Waals surface area contributed by atoms with Gasteiger partial charge >= 0.3 is 0 Å². The maximum Gasteiger partial charge on any atom is 0.168 e. The van der Waals surface area contributed by atoms with E-state index in [1.807, 2.05) is 0 Å². The standard InChI is InChI=1S/C21H25NO4/c1-11-6-13-9-18(25-4)21(26-5)20-14-10-17(24-3)16(23-2)8-12(14)7-15(22-11)19(13)20/h8-11,15,22H,6-7H2,1-5H3. The van der Waals surface area contributed by atoms with Gasteiger partial charge < -0.3 is 24.3 Å². The van der Waals surface area contributed by atoms with Gasteiger partial charge in [-0.25, -0.2) is 0 Å². The minimum absolute atomic E-state index is 0.258. The average molecular weight is 355 g/mol. The number of nitrogens with one attached hydrogen (secondary N) is 1. The number of methoxy groups -OCH3 is 4. The molecule has 4 rings (SSSR count). The van der Waals surface area contributed by atoms with Gasteiger partial charge in [-0.2, -0.15) is 0 Å². The van der Waals surface area contributed by atoms with E-state index < -0.39 is 0 Å². The quantitative estimate of drug-likeness (QED) is 0.909. The highest BCUT2D eigenvalue weighted by atomic mass is 16.5. The SMILES string of the molecule is COc1cc2c(cc1OC)-c1c(OC)c(OC)cc3c1C(C2)NC(C)C3. The van der Waals surface area contributed by atoms with Crippen LogP contribution in [0.2, 0.25) is 0 Å². The number of fused-ring (bicyclic) bond motifs is 2. The van der Waals surface area contributed by atoms with E-state index in [0.717, 1.165) is 47.0 Å². The summed E-state index contributed by atoms with van der Waals surface area (Å²) in [4.78, 5) is 0. The van der Waals surface area contributed by atoms with Crippen molar-refractivity contribution in [3.05, 3.63) is 34.9 Å². The van der Waals surface area contributed by atoms with Crippen LogP contribution in [0.4, 0.5) is 0 Å². The Bertz CT molecular complexity index is 862. The normalized spacial score (nSPS) is 20.0. The van der Waals surface area contributed by atoms with Crippen molar-refractivity contribution in [1.82, 2.24) is 5.32 Å². The molecule has 5 heteroatoms. The number of hydrogen-bond acceptors (Lipinski definition) is 5. The third kappa shape index (κ3) is 2.42. The topological polar surface area (TPSA) is 49.0 Å². The molecule has 0 radical (unpaired) electrons.